The third kappa shape index (κ3) is 3.37. The molecule has 1 amide bonds. The highest BCUT2D eigenvalue weighted by atomic mass is 32.2. The van der Waals surface area contributed by atoms with Crippen molar-refractivity contribution >= 4 is 32.5 Å². The minimum Gasteiger partial charge on any atom is -0.379 e. The Hall–Kier alpha value is -2.82. The van der Waals surface area contributed by atoms with Crippen LogP contribution in [0.5, 0.6) is 0 Å². The molecular formula is C18H17FN4O4S. The van der Waals surface area contributed by atoms with Crippen molar-refractivity contribution in [1.82, 2.24) is 14.5 Å². The van der Waals surface area contributed by atoms with Crippen LogP contribution in [0.15, 0.2) is 47.5 Å². The summed E-state index contributed by atoms with van der Waals surface area (Å²) >= 11 is 0. The molecule has 2 aromatic carbocycles. The molecule has 3 aromatic rings. The SMILES string of the molecule is O=C(Nc1ccc(F)c(S(=O)(=O)N2CCOCC2)c1)c1cccc2cn[nH]c12. The predicted molar refractivity (Wildman–Crippen MR) is 100 cm³/mol. The second-order valence-electron chi connectivity index (χ2n) is 6.26. The number of hydrogen-bond donors (Lipinski definition) is 2. The van der Waals surface area contributed by atoms with Gasteiger partial charge in [0.1, 0.15) is 10.7 Å². The van der Waals surface area contributed by atoms with Crippen LogP contribution in [0.25, 0.3) is 10.9 Å². The zero-order valence-electron chi connectivity index (χ0n) is 14.7. The monoisotopic (exact) mass is 404 g/mol. The zero-order chi connectivity index (χ0) is 19.7. The average molecular weight is 404 g/mol. The number of rotatable bonds is 4. The standard InChI is InChI=1S/C18H17FN4O4S/c19-15-5-4-13(10-16(15)28(25,26)23-6-8-27-9-7-23)21-18(24)14-3-1-2-12-11-20-22-17(12)14/h1-5,10-11H,6-9H2,(H,20,22)(H,21,24). The molecule has 1 saturated heterocycles. The summed E-state index contributed by atoms with van der Waals surface area (Å²) in [6.45, 7) is 0.817. The molecule has 28 heavy (non-hydrogen) atoms. The largest absolute Gasteiger partial charge is 0.379 e. The van der Waals surface area contributed by atoms with Crippen LogP contribution in [0.4, 0.5) is 10.1 Å². The number of carbonyl (C=O) groups excluding carboxylic acids is 1. The van der Waals surface area contributed by atoms with Crippen LogP contribution in [0, 0.1) is 5.82 Å². The van der Waals surface area contributed by atoms with Crippen molar-refractivity contribution in [3.8, 4) is 0 Å². The molecule has 2 N–H and O–H groups in total. The highest BCUT2D eigenvalue weighted by Crippen LogP contribution is 2.25. The van der Waals surface area contributed by atoms with Gasteiger partial charge >= 0.3 is 0 Å². The van der Waals surface area contributed by atoms with E-state index in [1.165, 1.54) is 10.4 Å². The van der Waals surface area contributed by atoms with Crippen molar-refractivity contribution in [3.05, 3.63) is 54.0 Å². The Labute approximate surface area is 160 Å². The third-order valence-corrected chi connectivity index (χ3v) is 6.41. The number of hydrogen-bond acceptors (Lipinski definition) is 5. The van der Waals surface area contributed by atoms with Gasteiger partial charge in [-0.2, -0.15) is 9.40 Å². The number of morpholine rings is 1. The fourth-order valence-corrected chi connectivity index (χ4v) is 4.56. The van der Waals surface area contributed by atoms with Crippen molar-refractivity contribution in [2.24, 2.45) is 0 Å². The second-order valence-corrected chi connectivity index (χ2v) is 8.16. The van der Waals surface area contributed by atoms with E-state index in [0.29, 0.717) is 11.1 Å². The van der Waals surface area contributed by atoms with E-state index in [0.717, 1.165) is 17.5 Å². The lowest BCUT2D eigenvalue weighted by Gasteiger charge is -2.26. The maximum Gasteiger partial charge on any atom is 0.257 e. The Bertz CT molecular complexity index is 1140. The van der Waals surface area contributed by atoms with Crippen molar-refractivity contribution < 1.29 is 22.3 Å². The molecular weight excluding hydrogens is 387 g/mol. The lowest BCUT2D eigenvalue weighted by Crippen LogP contribution is -2.40. The molecule has 1 aliphatic rings. The minimum atomic E-state index is -4.03. The lowest BCUT2D eigenvalue weighted by atomic mass is 10.1. The van der Waals surface area contributed by atoms with E-state index in [4.69, 9.17) is 4.74 Å². The van der Waals surface area contributed by atoms with Crippen LogP contribution in [-0.2, 0) is 14.8 Å². The number of sulfonamides is 1. The first-order valence-corrected chi connectivity index (χ1v) is 10.0. The van der Waals surface area contributed by atoms with Gasteiger partial charge in [-0.3, -0.25) is 9.89 Å². The Balaban J connectivity index is 1.64. The van der Waals surface area contributed by atoms with Gasteiger partial charge in [-0.15, -0.1) is 0 Å². The molecule has 2 heterocycles. The van der Waals surface area contributed by atoms with E-state index in [1.54, 1.807) is 24.4 Å². The molecule has 8 nitrogen and oxygen atoms in total. The molecule has 0 radical (unpaired) electrons. The number of nitrogens with one attached hydrogen (secondary N) is 2. The van der Waals surface area contributed by atoms with Crippen LogP contribution < -0.4 is 5.32 Å². The number of H-pyrrole nitrogens is 1. The van der Waals surface area contributed by atoms with E-state index >= 15 is 0 Å². The molecule has 146 valence electrons. The molecule has 0 atom stereocenters. The van der Waals surface area contributed by atoms with E-state index < -0.39 is 26.6 Å². The molecule has 1 fully saturated rings. The first-order chi connectivity index (χ1) is 13.5. The van der Waals surface area contributed by atoms with Crippen LogP contribution in [0.3, 0.4) is 0 Å². The maximum atomic E-state index is 14.3. The molecule has 1 aliphatic heterocycles. The summed E-state index contributed by atoms with van der Waals surface area (Å²) in [5.41, 5.74) is 1.08. The predicted octanol–water partition coefficient (Wildman–Crippen LogP) is 1.98. The van der Waals surface area contributed by atoms with Crippen LogP contribution >= 0.6 is 0 Å². The minimum absolute atomic E-state index is 0.153. The number of halogens is 1. The summed E-state index contributed by atoms with van der Waals surface area (Å²) in [6.07, 6.45) is 1.59. The fourth-order valence-electron chi connectivity index (χ4n) is 3.06. The number of ether oxygens (including phenoxy) is 1. The van der Waals surface area contributed by atoms with E-state index in [1.807, 2.05) is 0 Å². The lowest BCUT2D eigenvalue weighted by molar-refractivity contribution is 0.0729. The van der Waals surface area contributed by atoms with Gasteiger partial charge < -0.3 is 10.1 Å². The highest BCUT2D eigenvalue weighted by Gasteiger charge is 2.29. The summed E-state index contributed by atoms with van der Waals surface area (Å²) in [7, 11) is -4.03. The summed E-state index contributed by atoms with van der Waals surface area (Å²) in [5.74, 6) is -1.34. The van der Waals surface area contributed by atoms with Crippen molar-refractivity contribution in [3.63, 3.8) is 0 Å². The van der Waals surface area contributed by atoms with E-state index in [2.05, 4.69) is 15.5 Å². The summed E-state index contributed by atoms with van der Waals surface area (Å²) in [6, 6.07) is 8.61. The van der Waals surface area contributed by atoms with Gasteiger partial charge in [0, 0.05) is 24.2 Å². The number of benzene rings is 2. The molecule has 0 aliphatic carbocycles. The molecule has 1 aromatic heterocycles. The van der Waals surface area contributed by atoms with Crippen LogP contribution in [-0.4, -0.2) is 55.1 Å². The smallest absolute Gasteiger partial charge is 0.257 e. The topological polar surface area (TPSA) is 104 Å². The summed E-state index contributed by atoms with van der Waals surface area (Å²) in [5, 5.41) is 10.1. The number of amides is 1. The molecule has 0 bridgehead atoms. The third-order valence-electron chi connectivity index (χ3n) is 4.50. The second kappa shape index (κ2) is 7.30. The molecule has 0 spiro atoms. The Morgan fingerprint density at radius 1 is 1.21 bits per heavy atom. The number of para-hydroxylation sites is 1. The normalized spacial score (nSPS) is 15.6. The van der Waals surface area contributed by atoms with Gasteiger partial charge in [0.15, 0.2) is 0 Å². The Kier molecular flexibility index (Phi) is 4.84. The highest BCUT2D eigenvalue weighted by molar-refractivity contribution is 7.89. The van der Waals surface area contributed by atoms with Crippen molar-refractivity contribution in [2.45, 2.75) is 4.90 Å². The number of nitrogens with zero attached hydrogens (tertiary/aromatic N) is 2. The van der Waals surface area contributed by atoms with E-state index in [-0.39, 0.29) is 32.0 Å². The quantitative estimate of drug-likeness (QED) is 0.692. The Morgan fingerprint density at radius 2 is 2.00 bits per heavy atom. The first-order valence-electron chi connectivity index (χ1n) is 8.58. The fraction of sp³-hybridized carbons (Fsp3) is 0.222. The van der Waals surface area contributed by atoms with Crippen molar-refractivity contribution in [1.29, 1.82) is 0 Å². The maximum absolute atomic E-state index is 14.3. The zero-order valence-corrected chi connectivity index (χ0v) is 15.5. The molecule has 0 saturated carbocycles. The number of aromatic nitrogens is 2. The van der Waals surface area contributed by atoms with E-state index in [9.17, 15) is 17.6 Å². The van der Waals surface area contributed by atoms with Gasteiger partial charge in [-0.1, -0.05) is 12.1 Å². The van der Waals surface area contributed by atoms with Gasteiger partial charge in [0.25, 0.3) is 5.91 Å². The van der Waals surface area contributed by atoms with Crippen LogP contribution in [0.1, 0.15) is 10.4 Å². The number of carbonyl (C=O) groups is 1. The molecule has 0 unspecified atom stereocenters. The summed E-state index contributed by atoms with van der Waals surface area (Å²) < 4.78 is 46.1. The molecule has 10 heteroatoms. The molecule has 4 rings (SSSR count). The average Bonchev–Trinajstić information content (AvgIpc) is 3.19. The van der Waals surface area contributed by atoms with Gasteiger partial charge in [0.2, 0.25) is 10.0 Å². The first kappa shape index (κ1) is 18.5. The number of aromatic amines is 1. The Morgan fingerprint density at radius 3 is 2.79 bits per heavy atom. The van der Waals surface area contributed by atoms with Gasteiger partial charge in [-0.05, 0) is 24.3 Å². The van der Waals surface area contributed by atoms with Gasteiger partial charge in [0.05, 0.1) is 30.5 Å². The number of anilines is 1. The summed E-state index contributed by atoms with van der Waals surface area (Å²) in [4.78, 5) is 12.2. The van der Waals surface area contributed by atoms with Gasteiger partial charge in [-0.25, -0.2) is 12.8 Å². The number of fused-ring (bicyclic) bond motifs is 1. The van der Waals surface area contributed by atoms with Crippen molar-refractivity contribution in [2.75, 3.05) is 31.6 Å². The van der Waals surface area contributed by atoms with Crippen LogP contribution in [0.2, 0.25) is 0 Å².